The molecular weight excluding hydrogens is 247 g/mol. The van der Waals surface area contributed by atoms with Gasteiger partial charge < -0.3 is 10.1 Å². The molecule has 1 heterocycles. The predicted octanol–water partition coefficient (Wildman–Crippen LogP) is 2.42. The Kier molecular flexibility index (Phi) is 3.34. The van der Waals surface area contributed by atoms with Gasteiger partial charge in [-0.1, -0.05) is 6.07 Å². The average Bonchev–Trinajstić information content (AvgIpc) is 2.28. The van der Waals surface area contributed by atoms with Crippen molar-refractivity contribution in [1.29, 1.82) is 0 Å². The first-order valence-corrected chi connectivity index (χ1v) is 5.03. The lowest BCUT2D eigenvalue weighted by Gasteiger charge is -2.05. The largest absolute Gasteiger partial charge is 0.467 e. The molecule has 0 unspecified atom stereocenters. The lowest BCUT2D eigenvalue weighted by molar-refractivity contribution is 0.379. The second kappa shape index (κ2) is 4.92. The van der Waals surface area contributed by atoms with Crippen LogP contribution >= 0.6 is 11.6 Å². The zero-order chi connectivity index (χ0) is 12.3. The molecule has 0 fully saturated rings. The first-order valence-electron chi connectivity index (χ1n) is 4.65. The van der Waals surface area contributed by atoms with Crippen molar-refractivity contribution >= 4 is 23.2 Å². The summed E-state index contributed by atoms with van der Waals surface area (Å²) in [5.74, 6) is -0.172. The Morgan fingerprint density at radius 1 is 1.29 bits per heavy atom. The van der Waals surface area contributed by atoms with Crippen LogP contribution in [0.3, 0.4) is 0 Å². The number of halogens is 2. The average molecular weight is 255 g/mol. The Labute approximate surface area is 102 Å². The van der Waals surface area contributed by atoms with Gasteiger partial charge in [0.25, 0.3) is 0 Å². The Morgan fingerprint density at radius 2 is 2.12 bits per heavy atom. The molecule has 0 saturated carbocycles. The summed E-state index contributed by atoms with van der Waals surface area (Å²) < 4.78 is 17.8. The number of rotatable bonds is 3. The predicted molar refractivity (Wildman–Crippen MR) is 61.1 cm³/mol. The van der Waals surface area contributed by atoms with Gasteiger partial charge in [-0.3, -0.25) is 0 Å². The Balaban J connectivity index is 2.26. The third-order valence-electron chi connectivity index (χ3n) is 1.85. The summed E-state index contributed by atoms with van der Waals surface area (Å²) >= 11 is 5.67. The highest BCUT2D eigenvalue weighted by molar-refractivity contribution is 6.28. The fourth-order valence-corrected chi connectivity index (χ4v) is 1.33. The number of methoxy groups -OCH3 is 1. The number of benzene rings is 1. The van der Waals surface area contributed by atoms with Gasteiger partial charge in [-0.2, -0.15) is 15.0 Å². The SMILES string of the molecule is COc1nc(Cl)nc(Nc2cccc(F)c2)n1. The van der Waals surface area contributed by atoms with E-state index in [1.165, 1.54) is 19.2 Å². The van der Waals surface area contributed by atoms with Crippen molar-refractivity contribution in [3.8, 4) is 6.01 Å². The number of ether oxygens (including phenoxy) is 1. The molecule has 0 aliphatic rings. The van der Waals surface area contributed by atoms with Crippen LogP contribution in [0.1, 0.15) is 0 Å². The monoisotopic (exact) mass is 254 g/mol. The summed E-state index contributed by atoms with van der Waals surface area (Å²) in [7, 11) is 1.41. The van der Waals surface area contributed by atoms with Crippen molar-refractivity contribution in [3.63, 3.8) is 0 Å². The second-order valence-corrected chi connectivity index (χ2v) is 3.39. The minimum atomic E-state index is -0.359. The van der Waals surface area contributed by atoms with E-state index in [2.05, 4.69) is 20.3 Å². The molecule has 7 heteroatoms. The lowest BCUT2D eigenvalue weighted by atomic mass is 10.3. The number of hydrogen-bond acceptors (Lipinski definition) is 5. The van der Waals surface area contributed by atoms with Crippen molar-refractivity contribution in [2.75, 3.05) is 12.4 Å². The Bertz CT molecular complexity index is 537. The maximum Gasteiger partial charge on any atom is 0.322 e. The van der Waals surface area contributed by atoms with Gasteiger partial charge in [0.05, 0.1) is 7.11 Å². The van der Waals surface area contributed by atoms with Crippen LogP contribution in [0, 0.1) is 5.82 Å². The van der Waals surface area contributed by atoms with Gasteiger partial charge >= 0.3 is 6.01 Å². The summed E-state index contributed by atoms with van der Waals surface area (Å²) in [6.07, 6.45) is 0. The minimum absolute atomic E-state index is 0.00393. The van der Waals surface area contributed by atoms with Crippen molar-refractivity contribution < 1.29 is 9.13 Å². The van der Waals surface area contributed by atoms with Gasteiger partial charge in [0.15, 0.2) is 0 Å². The molecule has 0 bridgehead atoms. The number of hydrogen-bond donors (Lipinski definition) is 1. The zero-order valence-electron chi connectivity index (χ0n) is 8.82. The van der Waals surface area contributed by atoms with Crippen molar-refractivity contribution in [1.82, 2.24) is 15.0 Å². The van der Waals surface area contributed by atoms with Crippen LogP contribution in [0.2, 0.25) is 5.28 Å². The molecule has 0 atom stereocenters. The van der Waals surface area contributed by atoms with Gasteiger partial charge in [0.2, 0.25) is 11.2 Å². The summed E-state index contributed by atoms with van der Waals surface area (Å²) in [5.41, 5.74) is 0.509. The number of nitrogens with one attached hydrogen (secondary N) is 1. The van der Waals surface area contributed by atoms with E-state index in [9.17, 15) is 4.39 Å². The minimum Gasteiger partial charge on any atom is -0.467 e. The van der Waals surface area contributed by atoms with E-state index in [4.69, 9.17) is 16.3 Å². The summed E-state index contributed by atoms with van der Waals surface area (Å²) in [5, 5.41) is 2.79. The molecule has 17 heavy (non-hydrogen) atoms. The van der Waals surface area contributed by atoms with Crippen molar-refractivity contribution in [2.24, 2.45) is 0 Å². The summed E-state index contributed by atoms with van der Waals surface area (Å²) in [6.45, 7) is 0. The third kappa shape index (κ3) is 3.01. The molecule has 88 valence electrons. The maximum absolute atomic E-state index is 13.0. The normalized spacial score (nSPS) is 10.1. The highest BCUT2D eigenvalue weighted by Gasteiger charge is 2.05. The van der Waals surface area contributed by atoms with Crippen molar-refractivity contribution in [2.45, 2.75) is 0 Å². The number of aromatic nitrogens is 3. The van der Waals surface area contributed by atoms with Crippen molar-refractivity contribution in [3.05, 3.63) is 35.4 Å². The lowest BCUT2D eigenvalue weighted by Crippen LogP contribution is -2.01. The number of anilines is 2. The molecular formula is C10H8ClFN4O. The highest BCUT2D eigenvalue weighted by atomic mass is 35.5. The van der Waals surface area contributed by atoms with E-state index < -0.39 is 0 Å². The van der Waals surface area contributed by atoms with E-state index in [-0.39, 0.29) is 23.1 Å². The van der Waals surface area contributed by atoms with Gasteiger partial charge in [-0.05, 0) is 29.8 Å². The van der Waals surface area contributed by atoms with Crippen LogP contribution in [0.5, 0.6) is 6.01 Å². The molecule has 0 aliphatic carbocycles. The van der Waals surface area contributed by atoms with E-state index in [1.807, 2.05) is 0 Å². The van der Waals surface area contributed by atoms with E-state index >= 15 is 0 Å². The number of nitrogens with zero attached hydrogens (tertiary/aromatic N) is 3. The first kappa shape index (κ1) is 11.5. The topological polar surface area (TPSA) is 59.9 Å². The van der Waals surface area contributed by atoms with Gasteiger partial charge in [-0.15, -0.1) is 0 Å². The van der Waals surface area contributed by atoms with E-state index in [1.54, 1.807) is 12.1 Å². The molecule has 0 spiro atoms. The van der Waals surface area contributed by atoms with Crippen LogP contribution < -0.4 is 10.1 Å². The molecule has 2 rings (SSSR count). The van der Waals surface area contributed by atoms with Crippen LogP contribution in [0.25, 0.3) is 0 Å². The molecule has 1 N–H and O–H groups in total. The molecule has 2 aromatic rings. The van der Waals surface area contributed by atoms with Gasteiger partial charge in [0.1, 0.15) is 5.82 Å². The summed E-state index contributed by atoms with van der Waals surface area (Å²) in [4.78, 5) is 11.5. The molecule has 0 aliphatic heterocycles. The van der Waals surface area contributed by atoms with Crippen LogP contribution in [-0.2, 0) is 0 Å². The Hall–Kier alpha value is -1.95. The van der Waals surface area contributed by atoms with Crippen LogP contribution in [-0.4, -0.2) is 22.1 Å². The van der Waals surface area contributed by atoms with Crippen LogP contribution in [0.15, 0.2) is 24.3 Å². The molecule has 1 aromatic carbocycles. The molecule has 1 aromatic heterocycles. The third-order valence-corrected chi connectivity index (χ3v) is 2.02. The zero-order valence-corrected chi connectivity index (χ0v) is 9.57. The molecule has 0 amide bonds. The summed E-state index contributed by atoms with van der Waals surface area (Å²) in [6, 6.07) is 5.98. The van der Waals surface area contributed by atoms with E-state index in [0.29, 0.717) is 5.69 Å². The maximum atomic E-state index is 13.0. The fourth-order valence-electron chi connectivity index (χ4n) is 1.17. The molecule has 5 nitrogen and oxygen atoms in total. The molecule has 0 radical (unpaired) electrons. The molecule has 0 saturated heterocycles. The van der Waals surface area contributed by atoms with Gasteiger partial charge in [-0.25, -0.2) is 4.39 Å². The standard InChI is InChI=1S/C10H8ClFN4O/c1-17-10-15-8(11)14-9(16-10)13-7-4-2-3-6(12)5-7/h2-5H,1H3,(H,13,14,15,16). The smallest absolute Gasteiger partial charge is 0.322 e. The van der Waals surface area contributed by atoms with E-state index in [0.717, 1.165) is 0 Å². The highest BCUT2D eigenvalue weighted by Crippen LogP contribution is 2.17. The first-order chi connectivity index (χ1) is 8.17. The van der Waals surface area contributed by atoms with Crippen LogP contribution in [0.4, 0.5) is 16.0 Å². The Morgan fingerprint density at radius 3 is 2.82 bits per heavy atom. The van der Waals surface area contributed by atoms with Gasteiger partial charge in [0, 0.05) is 5.69 Å². The fraction of sp³-hybridized carbons (Fsp3) is 0.100. The second-order valence-electron chi connectivity index (χ2n) is 3.05. The quantitative estimate of drug-likeness (QED) is 0.911.